The molecule has 0 saturated heterocycles. The van der Waals surface area contributed by atoms with E-state index in [9.17, 15) is 0 Å². The average molecular weight is 1160 g/mol. The molecule has 0 N–H and O–H groups in total. The van der Waals surface area contributed by atoms with E-state index in [0.29, 0.717) is 0 Å². The van der Waals surface area contributed by atoms with Gasteiger partial charge >= 0.3 is 0 Å². The summed E-state index contributed by atoms with van der Waals surface area (Å²) in [4.78, 5) is 0. The van der Waals surface area contributed by atoms with E-state index in [0.717, 1.165) is 33.8 Å². The maximum absolute atomic E-state index is 6.46. The molecule has 2 nitrogen and oxygen atoms in total. The number of benzene rings is 11. The molecule has 3 aliphatic rings. The molecule has 89 heavy (non-hydrogen) atoms. The van der Waals surface area contributed by atoms with Crippen LogP contribution in [0.25, 0.3) is 89.0 Å². The van der Waals surface area contributed by atoms with Crippen LogP contribution in [-0.4, -0.2) is 6.79 Å². The van der Waals surface area contributed by atoms with Crippen molar-refractivity contribution in [3.05, 3.63) is 286 Å². The summed E-state index contributed by atoms with van der Waals surface area (Å²) < 4.78 is 12.8. The standard InChI is InChI=1S/C87H82O2/c1-82(2,3)66-33-25-54(26-34-66)60-43-61(55-27-35-67(36-28-55)83(4,5)6)46-64(45-60)58-19-17-21-70(49-58)87(76-42-41-75-80(72-23-15-16-24-74(72)86(75,13)14)81(76)73-51-78-79(52-77(73)87)89-53-88-78)71-22-18-20-59(50-71)65-47-62(56-29-37-68(38-30-56)84(7,8)9)44-63(48-65)57-31-39-69(40-32-57)85(10,11)12/h15-52H,53H2,1-14H3. The zero-order valence-corrected chi connectivity index (χ0v) is 54.5. The summed E-state index contributed by atoms with van der Waals surface area (Å²) in [5.74, 6) is 1.55. The van der Waals surface area contributed by atoms with Crippen molar-refractivity contribution in [2.24, 2.45) is 0 Å². The Balaban J connectivity index is 1.02. The predicted molar refractivity (Wildman–Crippen MR) is 375 cm³/mol. The normalized spacial score (nSPS) is 14.5. The second-order valence-electron chi connectivity index (χ2n) is 30.2. The van der Waals surface area contributed by atoms with Gasteiger partial charge in [-0.15, -0.1) is 0 Å². The number of hydrogen-bond acceptors (Lipinski definition) is 2. The van der Waals surface area contributed by atoms with E-state index in [-0.39, 0.29) is 33.9 Å². The highest BCUT2D eigenvalue weighted by atomic mass is 16.7. The number of rotatable bonds is 8. The van der Waals surface area contributed by atoms with Crippen molar-refractivity contribution in [1.82, 2.24) is 0 Å². The van der Waals surface area contributed by atoms with Gasteiger partial charge < -0.3 is 9.47 Å². The molecular weight excluding hydrogens is 1080 g/mol. The van der Waals surface area contributed by atoms with E-state index < -0.39 is 5.41 Å². The third-order valence-electron chi connectivity index (χ3n) is 19.8. The Morgan fingerprint density at radius 1 is 0.270 bits per heavy atom. The maximum atomic E-state index is 6.46. The lowest BCUT2D eigenvalue weighted by Crippen LogP contribution is -2.29. The van der Waals surface area contributed by atoms with E-state index in [4.69, 9.17) is 9.47 Å². The van der Waals surface area contributed by atoms with Gasteiger partial charge in [0.1, 0.15) is 0 Å². The summed E-state index contributed by atoms with van der Waals surface area (Å²) >= 11 is 0. The van der Waals surface area contributed by atoms with Crippen LogP contribution in [0, 0.1) is 0 Å². The first-order chi connectivity index (χ1) is 42.3. The zero-order valence-electron chi connectivity index (χ0n) is 54.5. The smallest absolute Gasteiger partial charge is 0.231 e. The molecule has 2 heteroatoms. The predicted octanol–water partition coefficient (Wildman–Crippen LogP) is 23.3. The van der Waals surface area contributed by atoms with Crippen LogP contribution in [0.3, 0.4) is 0 Å². The monoisotopic (exact) mass is 1160 g/mol. The van der Waals surface area contributed by atoms with Gasteiger partial charge in [-0.25, -0.2) is 0 Å². The second kappa shape index (κ2) is 20.8. The van der Waals surface area contributed by atoms with Crippen LogP contribution in [-0.2, 0) is 32.5 Å². The Morgan fingerprint density at radius 3 is 1.01 bits per heavy atom. The lowest BCUT2D eigenvalue weighted by Gasteiger charge is -2.35. The Kier molecular flexibility index (Phi) is 13.5. The van der Waals surface area contributed by atoms with E-state index in [1.807, 2.05) is 0 Å². The molecule has 0 fully saturated rings. The quantitative estimate of drug-likeness (QED) is 0.151. The Bertz CT molecular complexity index is 4220. The molecule has 0 spiro atoms. The van der Waals surface area contributed by atoms with Crippen LogP contribution < -0.4 is 9.47 Å². The summed E-state index contributed by atoms with van der Waals surface area (Å²) in [6.45, 7) is 32.4. The van der Waals surface area contributed by atoms with E-state index in [1.54, 1.807) is 0 Å². The molecule has 2 aliphatic carbocycles. The van der Waals surface area contributed by atoms with Crippen LogP contribution >= 0.6 is 0 Å². The molecular formula is C87H82O2. The first kappa shape index (κ1) is 57.7. The Labute approximate surface area is 529 Å². The lowest BCUT2D eigenvalue weighted by molar-refractivity contribution is 0.174. The molecule has 0 bridgehead atoms. The van der Waals surface area contributed by atoms with Crippen molar-refractivity contribution < 1.29 is 9.47 Å². The molecule has 1 heterocycles. The van der Waals surface area contributed by atoms with Crippen molar-refractivity contribution in [2.45, 2.75) is 129 Å². The highest BCUT2D eigenvalue weighted by Gasteiger charge is 2.51. The van der Waals surface area contributed by atoms with Crippen molar-refractivity contribution in [3.8, 4) is 101 Å². The van der Waals surface area contributed by atoms with Crippen molar-refractivity contribution >= 4 is 0 Å². The van der Waals surface area contributed by atoms with Crippen LogP contribution in [0.1, 0.15) is 153 Å². The Morgan fingerprint density at radius 2 is 0.618 bits per heavy atom. The molecule has 442 valence electrons. The molecule has 0 saturated carbocycles. The van der Waals surface area contributed by atoms with E-state index >= 15 is 0 Å². The zero-order chi connectivity index (χ0) is 62.2. The molecule has 14 rings (SSSR count). The largest absolute Gasteiger partial charge is 0.454 e. The number of hydrogen-bond donors (Lipinski definition) is 0. The summed E-state index contributed by atoms with van der Waals surface area (Å²) in [5, 5.41) is 0. The summed E-state index contributed by atoms with van der Waals surface area (Å²) in [5.41, 5.74) is 31.0. The van der Waals surface area contributed by atoms with Gasteiger partial charge in [0.2, 0.25) is 6.79 Å². The molecule has 0 atom stereocenters. The van der Waals surface area contributed by atoms with E-state index in [1.165, 1.54) is 122 Å². The first-order valence-electron chi connectivity index (χ1n) is 32.0. The van der Waals surface area contributed by atoms with Crippen LogP contribution in [0.5, 0.6) is 11.5 Å². The van der Waals surface area contributed by atoms with E-state index in [2.05, 4.69) is 327 Å². The van der Waals surface area contributed by atoms with Crippen molar-refractivity contribution in [1.29, 1.82) is 0 Å². The molecule has 0 aromatic heterocycles. The lowest BCUT2D eigenvalue weighted by atomic mass is 9.66. The topological polar surface area (TPSA) is 18.5 Å². The van der Waals surface area contributed by atoms with Gasteiger partial charge in [-0.2, -0.15) is 0 Å². The van der Waals surface area contributed by atoms with Gasteiger partial charge in [0.05, 0.1) is 5.41 Å². The highest BCUT2D eigenvalue weighted by Crippen LogP contribution is 2.64. The fourth-order valence-corrected chi connectivity index (χ4v) is 14.5. The second-order valence-corrected chi connectivity index (χ2v) is 30.2. The minimum Gasteiger partial charge on any atom is -0.454 e. The molecule has 0 radical (unpaired) electrons. The fraction of sp³-hybridized carbons (Fsp3) is 0.241. The average Bonchev–Trinajstić information content (AvgIpc) is 1.52. The first-order valence-corrected chi connectivity index (χ1v) is 32.0. The van der Waals surface area contributed by atoms with Gasteiger partial charge in [0, 0.05) is 5.41 Å². The van der Waals surface area contributed by atoms with Crippen molar-refractivity contribution in [2.75, 3.05) is 6.79 Å². The third kappa shape index (κ3) is 9.95. The van der Waals surface area contributed by atoms with Gasteiger partial charge in [-0.1, -0.05) is 267 Å². The van der Waals surface area contributed by atoms with Crippen LogP contribution in [0.4, 0.5) is 0 Å². The van der Waals surface area contributed by atoms with Crippen molar-refractivity contribution in [3.63, 3.8) is 0 Å². The van der Waals surface area contributed by atoms with Crippen LogP contribution in [0.2, 0.25) is 0 Å². The third-order valence-corrected chi connectivity index (χ3v) is 19.8. The summed E-state index contributed by atoms with van der Waals surface area (Å²) in [7, 11) is 0. The number of ether oxygens (including phenoxy) is 2. The minimum atomic E-state index is -0.827. The highest BCUT2D eigenvalue weighted by molar-refractivity contribution is 6.01. The SMILES string of the molecule is CC(C)(C)c1ccc(-c2cc(-c3ccc(C(C)(C)C)cc3)cc(-c3cccc(C4(c5cccc(-c6cc(-c7ccc(C(C)(C)C)cc7)cc(-c7ccc(C(C)(C)C)cc7)c6)c5)c5cc6c(cc5-c5c4ccc4c5-c5ccccc5C4(C)C)OCO6)c3)c2)cc1. The fourth-order valence-electron chi connectivity index (χ4n) is 14.5. The Hall–Kier alpha value is -8.98. The van der Waals surface area contributed by atoms with Gasteiger partial charge in [-0.3, -0.25) is 0 Å². The molecule has 11 aromatic rings. The molecule has 0 unspecified atom stereocenters. The maximum Gasteiger partial charge on any atom is 0.231 e. The molecule has 0 amide bonds. The van der Waals surface area contributed by atoms with Gasteiger partial charge in [-0.05, 0) is 227 Å². The molecule has 1 aliphatic heterocycles. The minimum absolute atomic E-state index is 0.0391. The summed E-state index contributed by atoms with van der Waals surface area (Å²) in [6, 6.07) is 88.9. The molecule has 11 aromatic carbocycles. The number of fused-ring (bicyclic) bond motifs is 8. The van der Waals surface area contributed by atoms with Gasteiger partial charge in [0.15, 0.2) is 11.5 Å². The summed E-state index contributed by atoms with van der Waals surface area (Å²) in [6.07, 6.45) is 0. The van der Waals surface area contributed by atoms with Gasteiger partial charge in [0.25, 0.3) is 0 Å². The van der Waals surface area contributed by atoms with Crippen LogP contribution in [0.15, 0.2) is 231 Å².